The second kappa shape index (κ2) is 39.5. The summed E-state index contributed by atoms with van der Waals surface area (Å²) >= 11 is 0. The van der Waals surface area contributed by atoms with E-state index >= 15 is 0 Å². The zero-order valence-electron chi connectivity index (χ0n) is 40.9. The summed E-state index contributed by atoms with van der Waals surface area (Å²) in [7, 11) is -10.7. The van der Waals surface area contributed by atoms with Gasteiger partial charge in [-0.3, -0.25) is 23.2 Å². The molecule has 396 valence electrons. The molecule has 1 rings (SSSR count). The minimum Gasteiger partial charge on any atom is -0.462 e. The number of ether oxygens (including phenoxy) is 2. The maximum Gasteiger partial charge on any atom is 0.472 e. The topological polar surface area (TPSA) is 276 Å². The first-order chi connectivity index (χ1) is 32.5. The van der Waals surface area contributed by atoms with Crippen LogP contribution in [0.5, 0.6) is 0 Å². The van der Waals surface area contributed by atoms with Crippen molar-refractivity contribution in [3.8, 4) is 0 Å². The molecule has 0 aromatic rings. The number of esters is 2. The molecule has 0 heterocycles. The van der Waals surface area contributed by atoms with Crippen molar-refractivity contribution in [1.29, 1.82) is 0 Å². The van der Waals surface area contributed by atoms with Gasteiger partial charge in [-0.05, 0) is 44.9 Å². The van der Waals surface area contributed by atoms with E-state index in [1.807, 2.05) is 48.6 Å². The van der Waals surface area contributed by atoms with Crippen molar-refractivity contribution >= 4 is 27.6 Å². The van der Waals surface area contributed by atoms with Crippen LogP contribution >= 0.6 is 15.6 Å². The molecule has 17 nitrogen and oxygen atoms in total. The van der Waals surface area contributed by atoms with E-state index in [0.29, 0.717) is 25.7 Å². The fraction of sp³-hybridized carbons (Fsp3) is 0.796. The normalized spacial score (nSPS) is 22.1. The third-order valence-electron chi connectivity index (χ3n) is 11.5. The summed E-state index contributed by atoms with van der Waals surface area (Å²) in [6.45, 7) is 2.93. The number of carbonyl (C=O) groups is 2. The number of hydrogen-bond acceptors (Lipinski definition) is 14. The van der Waals surface area contributed by atoms with E-state index in [1.54, 1.807) is 0 Å². The number of hydrogen-bond donors (Lipinski definition) is 8. The summed E-state index contributed by atoms with van der Waals surface area (Å²) in [5.74, 6) is -1.29. The SMILES string of the molecule is CCCCCCCCCCCCCCCCCCCC(=O)OC[C@H](COP(=O)(O)O[C@H]1C(O)C(O)C(O)[C@@H](OP(=O)(O)O)C1O)OC(=O)CCC/C=C\C/C=C\C/C=C\C/C=C\[C@H](O)CCCC. The van der Waals surface area contributed by atoms with Crippen LogP contribution in [0.3, 0.4) is 0 Å². The smallest absolute Gasteiger partial charge is 0.462 e. The highest BCUT2D eigenvalue weighted by molar-refractivity contribution is 7.47. The van der Waals surface area contributed by atoms with E-state index in [9.17, 15) is 58.9 Å². The standard InChI is InChI=1S/C49H88O17P2/c1-3-5-7-8-9-10-11-12-13-14-15-16-20-23-26-29-32-36-42(51)62-38-41(39-63-68(60,61)66-49-46(55)44(53)45(54)48(47(49)56)65-67(57,58)59)64-43(52)37-33-30-27-24-21-18-17-19-22-25-28-31-35-40(50)34-6-4-2/h17-18,22,24-25,27,31,35,40-41,44-50,53-56H,3-16,19-21,23,26,28-30,32-34,36-39H2,1-2H3,(H,60,61)(H2,57,58,59)/b18-17-,25-22-,27-24-,35-31-/t40-,41-,44?,45?,46?,47?,48-,49+/m1/s1. The summed E-state index contributed by atoms with van der Waals surface area (Å²) in [4.78, 5) is 54.3. The molecule has 1 aliphatic rings. The van der Waals surface area contributed by atoms with Crippen molar-refractivity contribution in [3.63, 3.8) is 0 Å². The molecule has 9 atom stereocenters. The van der Waals surface area contributed by atoms with Crippen LogP contribution in [-0.2, 0) is 41.8 Å². The van der Waals surface area contributed by atoms with E-state index in [-0.39, 0.29) is 12.8 Å². The fourth-order valence-electron chi connectivity index (χ4n) is 7.51. The number of rotatable bonds is 42. The predicted molar refractivity (Wildman–Crippen MR) is 261 cm³/mol. The highest BCUT2D eigenvalue weighted by atomic mass is 31.2. The maximum absolute atomic E-state index is 13.0. The van der Waals surface area contributed by atoms with Crippen molar-refractivity contribution in [2.75, 3.05) is 13.2 Å². The number of allylic oxidation sites excluding steroid dienone is 7. The Morgan fingerprint density at radius 1 is 0.529 bits per heavy atom. The number of unbranched alkanes of at least 4 members (excludes halogenated alkanes) is 18. The highest BCUT2D eigenvalue weighted by Gasteiger charge is 2.54. The molecular weight excluding hydrogens is 922 g/mol. The molecule has 19 heteroatoms. The lowest BCUT2D eigenvalue weighted by Crippen LogP contribution is -2.64. The summed E-state index contributed by atoms with van der Waals surface area (Å²) in [5, 5.41) is 51.1. The molecule has 68 heavy (non-hydrogen) atoms. The Morgan fingerprint density at radius 3 is 1.50 bits per heavy atom. The van der Waals surface area contributed by atoms with Gasteiger partial charge in [0.25, 0.3) is 0 Å². The van der Waals surface area contributed by atoms with Gasteiger partial charge in [-0.15, -0.1) is 0 Å². The highest BCUT2D eigenvalue weighted by Crippen LogP contribution is 2.49. The van der Waals surface area contributed by atoms with E-state index in [1.165, 1.54) is 77.0 Å². The molecule has 0 aromatic heterocycles. The molecule has 1 fully saturated rings. The molecular formula is C49H88O17P2. The first kappa shape index (κ1) is 63.9. The Hall–Kier alpha value is -2.08. The lowest BCUT2D eigenvalue weighted by Gasteiger charge is -2.43. The summed E-state index contributed by atoms with van der Waals surface area (Å²) in [6.07, 6.45) is 26.9. The van der Waals surface area contributed by atoms with Gasteiger partial charge in [-0.25, -0.2) is 9.13 Å². The quantitative estimate of drug-likeness (QED) is 0.0123. The average Bonchev–Trinajstić information content (AvgIpc) is 3.29. The third-order valence-corrected chi connectivity index (χ3v) is 13.0. The predicted octanol–water partition coefficient (Wildman–Crippen LogP) is 9.04. The average molecular weight is 1010 g/mol. The molecule has 1 saturated carbocycles. The van der Waals surface area contributed by atoms with E-state index in [2.05, 4.69) is 18.4 Å². The minimum atomic E-state index is -5.38. The van der Waals surface area contributed by atoms with Gasteiger partial charge >= 0.3 is 27.6 Å². The molecule has 0 amide bonds. The van der Waals surface area contributed by atoms with Gasteiger partial charge < -0.3 is 49.7 Å². The molecule has 8 N–H and O–H groups in total. The Morgan fingerprint density at radius 2 is 0.985 bits per heavy atom. The Kier molecular flexibility index (Phi) is 37.2. The lowest BCUT2D eigenvalue weighted by atomic mass is 9.85. The largest absolute Gasteiger partial charge is 0.472 e. The van der Waals surface area contributed by atoms with Crippen LogP contribution in [0.2, 0.25) is 0 Å². The van der Waals surface area contributed by atoms with Gasteiger partial charge in [-0.2, -0.15) is 0 Å². The van der Waals surface area contributed by atoms with Crippen molar-refractivity contribution < 1.29 is 82.0 Å². The van der Waals surface area contributed by atoms with Gasteiger partial charge in [0.15, 0.2) is 6.10 Å². The van der Waals surface area contributed by atoms with E-state index in [0.717, 1.165) is 57.8 Å². The minimum absolute atomic E-state index is 0.0479. The molecule has 5 unspecified atom stereocenters. The summed E-state index contributed by atoms with van der Waals surface area (Å²) in [5.41, 5.74) is 0. The van der Waals surface area contributed by atoms with Crippen LogP contribution < -0.4 is 0 Å². The number of carbonyl (C=O) groups excluding carboxylic acids is 2. The first-order valence-corrected chi connectivity index (χ1v) is 28.3. The van der Waals surface area contributed by atoms with Crippen molar-refractivity contribution in [3.05, 3.63) is 48.6 Å². The van der Waals surface area contributed by atoms with Gasteiger partial charge in [0.2, 0.25) is 0 Å². The first-order valence-electron chi connectivity index (χ1n) is 25.3. The lowest BCUT2D eigenvalue weighted by molar-refractivity contribution is -0.216. The maximum atomic E-state index is 13.0. The molecule has 0 bridgehead atoms. The summed E-state index contributed by atoms with van der Waals surface area (Å²) < 4.78 is 49.4. The Bertz CT molecular complexity index is 1520. The number of phosphoric ester groups is 2. The Labute approximate surface area is 406 Å². The van der Waals surface area contributed by atoms with Crippen LogP contribution in [-0.4, -0.2) is 114 Å². The fourth-order valence-corrected chi connectivity index (χ4v) is 9.05. The van der Waals surface area contributed by atoms with Crippen molar-refractivity contribution in [2.24, 2.45) is 0 Å². The van der Waals surface area contributed by atoms with Crippen LogP contribution in [0.25, 0.3) is 0 Å². The van der Waals surface area contributed by atoms with E-state index < -0.39 is 89.6 Å². The van der Waals surface area contributed by atoms with Gasteiger partial charge in [0.05, 0.1) is 12.7 Å². The monoisotopic (exact) mass is 1010 g/mol. The molecule has 1 aliphatic carbocycles. The van der Waals surface area contributed by atoms with Gasteiger partial charge in [0, 0.05) is 12.8 Å². The van der Waals surface area contributed by atoms with Crippen LogP contribution in [0, 0.1) is 0 Å². The summed E-state index contributed by atoms with van der Waals surface area (Å²) in [6, 6.07) is 0. The van der Waals surface area contributed by atoms with Gasteiger partial charge in [0.1, 0.15) is 43.2 Å². The molecule has 0 saturated heterocycles. The van der Waals surface area contributed by atoms with Gasteiger partial charge in [-0.1, -0.05) is 178 Å². The molecule has 0 spiro atoms. The van der Waals surface area contributed by atoms with Crippen LogP contribution in [0.15, 0.2) is 48.6 Å². The molecule has 0 aromatic carbocycles. The Balaban J connectivity index is 2.60. The number of aliphatic hydroxyl groups excluding tert-OH is 5. The van der Waals surface area contributed by atoms with Crippen LogP contribution in [0.1, 0.15) is 187 Å². The second-order valence-electron chi connectivity index (χ2n) is 17.7. The second-order valence-corrected chi connectivity index (χ2v) is 20.3. The third kappa shape index (κ3) is 33.5. The number of phosphoric acid groups is 2. The van der Waals surface area contributed by atoms with Crippen LogP contribution in [0.4, 0.5) is 0 Å². The van der Waals surface area contributed by atoms with Crippen molar-refractivity contribution in [1.82, 2.24) is 0 Å². The van der Waals surface area contributed by atoms with E-state index in [4.69, 9.17) is 18.5 Å². The molecule has 0 aliphatic heterocycles. The molecule has 0 radical (unpaired) electrons. The number of aliphatic hydroxyl groups is 5. The zero-order valence-corrected chi connectivity index (χ0v) is 42.7. The zero-order chi connectivity index (χ0) is 50.5. The van der Waals surface area contributed by atoms with Crippen molar-refractivity contribution in [2.45, 2.75) is 236 Å².